The first-order valence-corrected chi connectivity index (χ1v) is 8.42. The molecule has 1 N–H and O–H groups in total. The molecule has 20 heavy (non-hydrogen) atoms. The van der Waals surface area contributed by atoms with Crippen LogP contribution in [0.25, 0.3) is 0 Å². The van der Waals surface area contributed by atoms with Crippen molar-refractivity contribution in [2.75, 3.05) is 14.1 Å². The Bertz CT molecular complexity index is 298. The number of hydrogen-bond acceptors (Lipinski definition) is 1. The summed E-state index contributed by atoms with van der Waals surface area (Å²) in [6, 6.07) is 0.330. The summed E-state index contributed by atoms with van der Waals surface area (Å²) in [5.41, 5.74) is -0.599. The minimum atomic E-state index is -0.599. The van der Waals surface area contributed by atoms with Crippen LogP contribution in [-0.4, -0.2) is 41.2 Å². The van der Waals surface area contributed by atoms with Gasteiger partial charge < -0.3 is 9.59 Å². The zero-order chi connectivity index (χ0) is 15.2. The lowest BCUT2D eigenvalue weighted by molar-refractivity contribution is -0.952. The standard InChI is InChI=1S/C17H33NO2/c1-15(2)18(3,4)17(16(19)20)13-11-9-7-5-6-8-10-12-14-17/h15H,5-14H2,1-4H3/p+1. The molecule has 0 aromatic heterocycles. The molecular weight excluding hydrogens is 250 g/mol. The van der Waals surface area contributed by atoms with Crippen molar-refractivity contribution in [3.63, 3.8) is 0 Å². The number of nitrogens with zero attached hydrogens (tertiary/aromatic N) is 1. The number of hydrogen-bond donors (Lipinski definition) is 1. The van der Waals surface area contributed by atoms with E-state index in [1.165, 1.54) is 38.5 Å². The van der Waals surface area contributed by atoms with Gasteiger partial charge in [-0.1, -0.05) is 38.5 Å². The van der Waals surface area contributed by atoms with Gasteiger partial charge >= 0.3 is 5.97 Å². The Morgan fingerprint density at radius 1 is 0.900 bits per heavy atom. The second-order valence-corrected chi connectivity index (χ2v) is 7.30. The van der Waals surface area contributed by atoms with E-state index >= 15 is 0 Å². The van der Waals surface area contributed by atoms with Crippen molar-refractivity contribution in [1.29, 1.82) is 0 Å². The van der Waals surface area contributed by atoms with Crippen molar-refractivity contribution in [2.24, 2.45) is 0 Å². The van der Waals surface area contributed by atoms with Crippen molar-refractivity contribution < 1.29 is 14.4 Å². The second kappa shape index (κ2) is 7.44. The van der Waals surface area contributed by atoms with Crippen molar-refractivity contribution in [3.05, 3.63) is 0 Å². The van der Waals surface area contributed by atoms with Gasteiger partial charge in [-0.25, -0.2) is 4.79 Å². The van der Waals surface area contributed by atoms with Crippen LogP contribution in [0.2, 0.25) is 0 Å². The fraction of sp³-hybridized carbons (Fsp3) is 0.941. The van der Waals surface area contributed by atoms with Crippen molar-refractivity contribution in [1.82, 2.24) is 0 Å². The first-order chi connectivity index (χ1) is 9.34. The maximum atomic E-state index is 12.2. The number of carbonyl (C=O) groups is 1. The molecule has 0 aromatic carbocycles. The Labute approximate surface area is 124 Å². The molecule has 0 heterocycles. The summed E-state index contributed by atoms with van der Waals surface area (Å²) in [5, 5.41) is 10.0. The van der Waals surface area contributed by atoms with Gasteiger partial charge in [0.1, 0.15) is 0 Å². The molecule has 0 unspecified atom stereocenters. The maximum Gasteiger partial charge on any atom is 0.365 e. The molecule has 1 aliphatic carbocycles. The Hall–Kier alpha value is -0.570. The molecule has 1 aliphatic rings. The average Bonchev–Trinajstić information content (AvgIpc) is 2.42. The van der Waals surface area contributed by atoms with Gasteiger partial charge in [-0.2, -0.15) is 0 Å². The van der Waals surface area contributed by atoms with Crippen molar-refractivity contribution >= 4 is 5.97 Å². The van der Waals surface area contributed by atoms with E-state index < -0.39 is 11.5 Å². The minimum absolute atomic E-state index is 0.330. The molecule has 0 aliphatic heterocycles. The monoisotopic (exact) mass is 284 g/mol. The third-order valence-corrected chi connectivity index (χ3v) is 5.72. The maximum absolute atomic E-state index is 12.2. The smallest absolute Gasteiger partial charge is 0.365 e. The van der Waals surface area contributed by atoms with Crippen LogP contribution in [0, 0.1) is 0 Å². The van der Waals surface area contributed by atoms with E-state index in [0.29, 0.717) is 10.5 Å². The fourth-order valence-corrected chi connectivity index (χ4v) is 3.55. The molecule has 0 aromatic rings. The van der Waals surface area contributed by atoms with E-state index in [4.69, 9.17) is 0 Å². The summed E-state index contributed by atoms with van der Waals surface area (Å²) in [6.45, 7) is 4.30. The number of likely N-dealkylation sites (N-methyl/N-ethyl adjacent to an activating group) is 1. The van der Waals surface area contributed by atoms with E-state index in [-0.39, 0.29) is 0 Å². The summed E-state index contributed by atoms with van der Waals surface area (Å²) in [4.78, 5) is 12.2. The molecule has 0 amide bonds. The van der Waals surface area contributed by atoms with Gasteiger partial charge in [-0.15, -0.1) is 0 Å². The quantitative estimate of drug-likeness (QED) is 0.788. The molecule has 118 valence electrons. The number of quaternary nitrogens is 1. The van der Waals surface area contributed by atoms with Gasteiger partial charge in [0.15, 0.2) is 5.54 Å². The highest BCUT2D eigenvalue weighted by Crippen LogP contribution is 2.36. The number of aliphatic carboxylic acids is 1. The summed E-state index contributed by atoms with van der Waals surface area (Å²) >= 11 is 0. The van der Waals surface area contributed by atoms with Crippen molar-refractivity contribution in [3.8, 4) is 0 Å². The van der Waals surface area contributed by atoms with Gasteiger partial charge in [0.2, 0.25) is 0 Å². The molecule has 0 spiro atoms. The molecule has 0 atom stereocenters. The van der Waals surface area contributed by atoms with E-state index in [0.717, 1.165) is 25.7 Å². The largest absolute Gasteiger partial charge is 0.477 e. The lowest BCUT2D eigenvalue weighted by atomic mass is 9.82. The topological polar surface area (TPSA) is 37.3 Å². The lowest BCUT2D eigenvalue weighted by Crippen LogP contribution is -2.66. The third kappa shape index (κ3) is 3.75. The lowest BCUT2D eigenvalue weighted by Gasteiger charge is -2.49. The highest BCUT2D eigenvalue weighted by molar-refractivity contribution is 5.77. The van der Waals surface area contributed by atoms with Crippen LogP contribution in [0.15, 0.2) is 0 Å². The summed E-state index contributed by atoms with van der Waals surface area (Å²) in [7, 11) is 4.22. The third-order valence-electron chi connectivity index (χ3n) is 5.72. The molecule has 1 saturated carbocycles. The van der Waals surface area contributed by atoms with Crippen LogP contribution >= 0.6 is 0 Å². The van der Waals surface area contributed by atoms with Crippen LogP contribution in [0.5, 0.6) is 0 Å². The van der Waals surface area contributed by atoms with E-state index in [1.807, 2.05) is 0 Å². The van der Waals surface area contributed by atoms with E-state index in [1.54, 1.807) is 0 Å². The molecule has 1 rings (SSSR count). The van der Waals surface area contributed by atoms with E-state index in [2.05, 4.69) is 27.9 Å². The molecule has 0 radical (unpaired) electrons. The zero-order valence-corrected chi connectivity index (χ0v) is 14.0. The molecule has 3 heteroatoms. The summed E-state index contributed by atoms with van der Waals surface area (Å²) < 4.78 is 0.600. The Kier molecular flexibility index (Phi) is 6.50. The molecule has 3 nitrogen and oxygen atoms in total. The molecule has 0 bridgehead atoms. The first kappa shape index (κ1) is 17.5. The average molecular weight is 284 g/mol. The minimum Gasteiger partial charge on any atom is -0.477 e. The van der Waals surface area contributed by atoms with Gasteiger partial charge in [-0.05, 0) is 26.7 Å². The second-order valence-electron chi connectivity index (χ2n) is 7.30. The predicted octanol–water partition coefficient (Wildman–Crippen LogP) is 4.21. The van der Waals surface area contributed by atoms with E-state index in [9.17, 15) is 9.90 Å². The molecule has 0 saturated heterocycles. The highest BCUT2D eigenvalue weighted by atomic mass is 16.4. The first-order valence-electron chi connectivity index (χ1n) is 8.42. The van der Waals surface area contributed by atoms with Crippen LogP contribution in [0.1, 0.15) is 78.1 Å². The van der Waals surface area contributed by atoms with Gasteiger partial charge in [0.05, 0.1) is 20.1 Å². The Morgan fingerprint density at radius 3 is 1.55 bits per heavy atom. The number of rotatable bonds is 3. The number of carboxylic acids is 1. The molecular formula is C17H34NO2+. The van der Waals surface area contributed by atoms with Crippen LogP contribution < -0.4 is 0 Å². The zero-order valence-electron chi connectivity index (χ0n) is 14.0. The van der Waals surface area contributed by atoms with Gasteiger partial charge in [0, 0.05) is 12.8 Å². The summed E-state index contributed by atoms with van der Waals surface area (Å²) in [6.07, 6.45) is 11.3. The van der Waals surface area contributed by atoms with Crippen LogP contribution in [0.3, 0.4) is 0 Å². The predicted molar refractivity (Wildman–Crippen MR) is 83.8 cm³/mol. The normalized spacial score (nSPS) is 22.2. The number of carboxylic acid groups (broad SMARTS) is 1. The molecule has 1 fully saturated rings. The SMILES string of the molecule is CC(C)[N+](C)(C)C1(C(=O)O)CCCCCCCCCC1. The van der Waals surface area contributed by atoms with Crippen molar-refractivity contribution in [2.45, 2.75) is 89.6 Å². The fourth-order valence-electron chi connectivity index (χ4n) is 3.55. The van der Waals surface area contributed by atoms with Gasteiger partial charge in [0.25, 0.3) is 0 Å². The Balaban J connectivity index is 3.00. The highest BCUT2D eigenvalue weighted by Gasteiger charge is 2.52. The van der Waals surface area contributed by atoms with Gasteiger partial charge in [-0.3, -0.25) is 0 Å². The van der Waals surface area contributed by atoms with Crippen LogP contribution in [-0.2, 0) is 4.79 Å². The Morgan fingerprint density at radius 2 is 1.25 bits per heavy atom. The summed E-state index contributed by atoms with van der Waals surface area (Å²) in [5.74, 6) is -0.588. The van der Waals surface area contributed by atoms with Crippen LogP contribution in [0.4, 0.5) is 0 Å².